The number of carbonyl (C=O) groups excluding carboxylic acids is 1. The quantitative estimate of drug-likeness (QED) is 0.699. The fraction of sp³-hybridized carbons (Fsp3) is 0.632. The molecule has 2 heterocycles. The number of hydrogen-bond acceptors (Lipinski definition) is 4. The predicted molar refractivity (Wildman–Crippen MR) is 103 cm³/mol. The molecule has 2 fully saturated rings. The summed E-state index contributed by atoms with van der Waals surface area (Å²) < 4.78 is 33.3. The Kier molecular flexibility index (Phi) is 6.86. The molecule has 0 spiro atoms. The molecule has 150 valence electrons. The van der Waals surface area contributed by atoms with E-state index in [9.17, 15) is 13.2 Å². The van der Waals surface area contributed by atoms with Crippen LogP contribution in [-0.4, -0.2) is 71.7 Å². The van der Waals surface area contributed by atoms with Gasteiger partial charge in [0.1, 0.15) is 13.1 Å². The first-order valence-corrected chi connectivity index (χ1v) is 11.3. The maximum absolute atomic E-state index is 12.8. The number of rotatable bonds is 6. The lowest BCUT2D eigenvalue weighted by molar-refractivity contribution is -0.906. The van der Waals surface area contributed by atoms with Gasteiger partial charge >= 0.3 is 0 Å². The number of amides is 1. The Morgan fingerprint density at radius 3 is 2.59 bits per heavy atom. The Bertz CT molecular complexity index is 754. The number of likely N-dealkylation sites (tertiary alicyclic amines) is 1. The molecule has 1 aromatic carbocycles. The minimum Gasteiger partial charge on any atom is -0.370 e. The van der Waals surface area contributed by atoms with Crippen LogP contribution in [0.25, 0.3) is 0 Å². The summed E-state index contributed by atoms with van der Waals surface area (Å²) in [6.45, 7) is 7.70. The highest BCUT2D eigenvalue weighted by Crippen LogP contribution is 2.19. The van der Waals surface area contributed by atoms with Gasteiger partial charge < -0.3 is 14.5 Å². The van der Waals surface area contributed by atoms with Crippen molar-refractivity contribution >= 4 is 15.9 Å². The van der Waals surface area contributed by atoms with E-state index in [0.717, 1.165) is 70.8 Å². The Morgan fingerprint density at radius 2 is 1.89 bits per heavy atom. The highest BCUT2D eigenvalue weighted by molar-refractivity contribution is 7.89. The van der Waals surface area contributed by atoms with Crippen LogP contribution in [0.15, 0.2) is 23.1 Å². The molecule has 3 rings (SSSR count). The molecule has 1 aromatic rings. The van der Waals surface area contributed by atoms with E-state index in [-0.39, 0.29) is 10.8 Å². The van der Waals surface area contributed by atoms with Crippen LogP contribution in [0.4, 0.5) is 0 Å². The number of sulfonamides is 1. The number of carbonyl (C=O) groups is 1. The van der Waals surface area contributed by atoms with Crippen molar-refractivity contribution in [3.63, 3.8) is 0 Å². The van der Waals surface area contributed by atoms with Crippen LogP contribution >= 0.6 is 0 Å². The molecule has 2 aliphatic heterocycles. The first-order chi connectivity index (χ1) is 13.0. The molecule has 8 heteroatoms. The SMILES string of the molecule is Cc1ccc(S(=O)(=O)NCC[NH+]2CCOCC2)cc1C(=O)N1CCCCC1. The van der Waals surface area contributed by atoms with Crippen LogP contribution in [0.5, 0.6) is 0 Å². The van der Waals surface area contributed by atoms with Crippen LogP contribution in [-0.2, 0) is 14.8 Å². The zero-order chi connectivity index (χ0) is 19.3. The van der Waals surface area contributed by atoms with E-state index in [0.29, 0.717) is 12.1 Å². The van der Waals surface area contributed by atoms with E-state index >= 15 is 0 Å². The number of nitrogens with one attached hydrogen (secondary N) is 2. The number of morpholine rings is 1. The van der Waals surface area contributed by atoms with E-state index in [1.807, 2.05) is 11.8 Å². The second kappa shape index (κ2) is 9.14. The number of hydrogen-bond donors (Lipinski definition) is 2. The summed E-state index contributed by atoms with van der Waals surface area (Å²) in [6, 6.07) is 4.82. The number of nitrogens with zero attached hydrogens (tertiary/aromatic N) is 1. The summed E-state index contributed by atoms with van der Waals surface area (Å²) in [5.41, 5.74) is 1.29. The summed E-state index contributed by atoms with van der Waals surface area (Å²) in [5.74, 6) is -0.0676. The third-order valence-electron chi connectivity index (χ3n) is 5.36. The van der Waals surface area contributed by atoms with Crippen molar-refractivity contribution in [3.8, 4) is 0 Å². The Hall–Kier alpha value is -1.48. The minimum atomic E-state index is -3.63. The van der Waals surface area contributed by atoms with Gasteiger partial charge in [0.2, 0.25) is 10.0 Å². The van der Waals surface area contributed by atoms with Gasteiger partial charge in [-0.3, -0.25) is 4.79 Å². The maximum Gasteiger partial charge on any atom is 0.254 e. The van der Waals surface area contributed by atoms with Gasteiger partial charge in [0.25, 0.3) is 5.91 Å². The van der Waals surface area contributed by atoms with Gasteiger partial charge in [0, 0.05) is 18.7 Å². The van der Waals surface area contributed by atoms with E-state index in [1.54, 1.807) is 12.1 Å². The summed E-state index contributed by atoms with van der Waals surface area (Å²) in [7, 11) is -3.63. The molecule has 1 amide bonds. The predicted octanol–water partition coefficient (Wildman–Crippen LogP) is -0.185. The van der Waals surface area contributed by atoms with E-state index in [1.165, 1.54) is 11.0 Å². The average molecular weight is 397 g/mol. The van der Waals surface area contributed by atoms with Crippen molar-refractivity contribution in [2.75, 3.05) is 52.5 Å². The summed E-state index contributed by atoms with van der Waals surface area (Å²) in [6.07, 6.45) is 3.16. The summed E-state index contributed by atoms with van der Waals surface area (Å²) in [4.78, 5) is 16.1. The number of ether oxygens (including phenoxy) is 1. The molecule has 0 aliphatic carbocycles. The molecule has 27 heavy (non-hydrogen) atoms. The molecular formula is C19H30N3O4S+. The van der Waals surface area contributed by atoms with Gasteiger partial charge in [0.05, 0.1) is 31.2 Å². The number of aryl methyl sites for hydroxylation is 1. The van der Waals surface area contributed by atoms with Crippen LogP contribution < -0.4 is 9.62 Å². The highest BCUT2D eigenvalue weighted by atomic mass is 32.2. The Labute approximate surface area is 161 Å². The molecule has 2 N–H and O–H groups in total. The highest BCUT2D eigenvalue weighted by Gasteiger charge is 2.23. The fourth-order valence-electron chi connectivity index (χ4n) is 3.62. The lowest BCUT2D eigenvalue weighted by Crippen LogP contribution is -3.14. The van der Waals surface area contributed by atoms with Crippen molar-refractivity contribution < 1.29 is 22.8 Å². The van der Waals surface area contributed by atoms with Crippen molar-refractivity contribution in [3.05, 3.63) is 29.3 Å². The van der Waals surface area contributed by atoms with Gasteiger partial charge in [-0.15, -0.1) is 0 Å². The van der Waals surface area contributed by atoms with E-state index in [4.69, 9.17) is 4.74 Å². The van der Waals surface area contributed by atoms with E-state index < -0.39 is 10.0 Å². The van der Waals surface area contributed by atoms with Gasteiger partial charge in [-0.25, -0.2) is 13.1 Å². The average Bonchev–Trinajstić information content (AvgIpc) is 2.69. The summed E-state index contributed by atoms with van der Waals surface area (Å²) in [5, 5.41) is 0. The largest absolute Gasteiger partial charge is 0.370 e. The van der Waals surface area contributed by atoms with Crippen LogP contribution in [0.1, 0.15) is 35.2 Å². The zero-order valence-electron chi connectivity index (χ0n) is 16.0. The maximum atomic E-state index is 12.8. The molecule has 0 bridgehead atoms. The van der Waals surface area contributed by atoms with Gasteiger partial charge in [-0.1, -0.05) is 6.07 Å². The second-order valence-electron chi connectivity index (χ2n) is 7.34. The van der Waals surface area contributed by atoms with Crippen molar-refractivity contribution in [1.82, 2.24) is 9.62 Å². The minimum absolute atomic E-state index is 0.0676. The standard InChI is InChI=1S/C19H29N3O4S/c1-16-5-6-17(15-18(16)19(23)22-8-3-2-4-9-22)27(24,25)20-7-10-21-11-13-26-14-12-21/h5-6,15,20H,2-4,7-14H2,1H3/p+1. The molecule has 7 nitrogen and oxygen atoms in total. The fourth-order valence-corrected chi connectivity index (χ4v) is 4.68. The Morgan fingerprint density at radius 1 is 1.19 bits per heavy atom. The van der Waals surface area contributed by atoms with Crippen LogP contribution in [0, 0.1) is 6.92 Å². The van der Waals surface area contributed by atoms with Gasteiger partial charge in [-0.2, -0.15) is 0 Å². The summed E-state index contributed by atoms with van der Waals surface area (Å²) >= 11 is 0. The first kappa shape index (κ1) is 20.3. The third kappa shape index (κ3) is 5.28. The molecule has 0 atom stereocenters. The number of benzene rings is 1. The normalized spacial score (nSPS) is 19.2. The molecule has 0 radical (unpaired) electrons. The van der Waals surface area contributed by atoms with E-state index in [2.05, 4.69) is 4.72 Å². The lowest BCUT2D eigenvalue weighted by atomic mass is 10.1. The molecule has 2 saturated heterocycles. The third-order valence-corrected chi connectivity index (χ3v) is 6.82. The van der Waals surface area contributed by atoms with Crippen molar-refractivity contribution in [2.24, 2.45) is 0 Å². The van der Waals surface area contributed by atoms with Crippen LogP contribution in [0.2, 0.25) is 0 Å². The Balaban J connectivity index is 1.66. The molecule has 0 saturated carbocycles. The monoisotopic (exact) mass is 396 g/mol. The molecule has 0 aromatic heterocycles. The van der Waals surface area contributed by atoms with Crippen molar-refractivity contribution in [1.29, 1.82) is 0 Å². The van der Waals surface area contributed by atoms with Gasteiger partial charge in [-0.05, 0) is 43.9 Å². The zero-order valence-corrected chi connectivity index (χ0v) is 16.8. The molecular weight excluding hydrogens is 366 g/mol. The lowest BCUT2D eigenvalue weighted by Gasteiger charge is -2.27. The smallest absolute Gasteiger partial charge is 0.254 e. The van der Waals surface area contributed by atoms with Crippen LogP contribution in [0.3, 0.4) is 0 Å². The number of quaternary nitrogens is 1. The topological polar surface area (TPSA) is 80.1 Å². The second-order valence-corrected chi connectivity index (χ2v) is 9.11. The number of piperidine rings is 1. The first-order valence-electron chi connectivity index (χ1n) is 9.78. The van der Waals surface area contributed by atoms with Gasteiger partial charge in [0.15, 0.2) is 0 Å². The molecule has 2 aliphatic rings. The molecule has 0 unspecified atom stereocenters. The van der Waals surface area contributed by atoms with Crippen molar-refractivity contribution in [2.45, 2.75) is 31.1 Å².